The lowest BCUT2D eigenvalue weighted by Gasteiger charge is -2.16. The second-order valence-electron chi connectivity index (χ2n) is 11.5. The average Bonchev–Trinajstić information content (AvgIpc) is 3.05. The van der Waals surface area contributed by atoms with Crippen molar-refractivity contribution in [3.05, 3.63) is 137 Å². The zero-order valence-electron chi connectivity index (χ0n) is 26.7. The number of unbranched alkanes of at least 4 members (excludes halogenated alkanes) is 2. The number of alkyl halides is 5. The summed E-state index contributed by atoms with van der Waals surface area (Å²) in [6.07, 6.45) is -4.97. The minimum absolute atomic E-state index is 0.0644. The fourth-order valence-electron chi connectivity index (χ4n) is 5.31. The van der Waals surface area contributed by atoms with Gasteiger partial charge in [0.15, 0.2) is 11.6 Å². The number of aryl methyl sites for hydroxylation is 1. The first-order valence-corrected chi connectivity index (χ1v) is 15.6. The van der Waals surface area contributed by atoms with Crippen molar-refractivity contribution in [3.63, 3.8) is 0 Å². The van der Waals surface area contributed by atoms with Crippen molar-refractivity contribution in [1.82, 2.24) is 0 Å². The molecule has 0 saturated heterocycles. The summed E-state index contributed by atoms with van der Waals surface area (Å²) < 4.78 is 148. The van der Waals surface area contributed by atoms with E-state index in [1.807, 2.05) is 24.3 Å². The normalized spacial score (nSPS) is 12.1. The molecule has 5 aromatic rings. The predicted molar refractivity (Wildman–Crippen MR) is 174 cm³/mol. The van der Waals surface area contributed by atoms with E-state index in [1.165, 1.54) is 29.8 Å². The van der Waals surface area contributed by atoms with E-state index < -0.39 is 58.6 Å². The van der Waals surface area contributed by atoms with Crippen LogP contribution in [0.1, 0.15) is 37.3 Å². The first kappa shape index (κ1) is 37.0. The molecule has 2 nitrogen and oxygen atoms in total. The van der Waals surface area contributed by atoms with Gasteiger partial charge in [-0.1, -0.05) is 68.3 Å². The van der Waals surface area contributed by atoms with E-state index in [0.29, 0.717) is 35.9 Å². The minimum Gasteiger partial charge on any atom is -0.429 e. The van der Waals surface area contributed by atoms with Crippen LogP contribution >= 0.6 is 0 Å². The van der Waals surface area contributed by atoms with Gasteiger partial charge >= 0.3 is 12.5 Å². The van der Waals surface area contributed by atoms with E-state index in [2.05, 4.69) is 16.4 Å². The molecule has 0 aliphatic carbocycles. The molecule has 0 amide bonds. The number of halogens is 10. The summed E-state index contributed by atoms with van der Waals surface area (Å²) in [5.74, 6) is -8.11. The fraction of sp³-hybridized carbons (Fsp3) is 0.179. The maximum Gasteiger partial charge on any atom is 0.573 e. The van der Waals surface area contributed by atoms with E-state index in [-0.39, 0.29) is 34.4 Å². The van der Waals surface area contributed by atoms with Crippen molar-refractivity contribution in [2.75, 3.05) is 0 Å². The molecule has 0 N–H and O–H groups in total. The van der Waals surface area contributed by atoms with E-state index in [4.69, 9.17) is 0 Å². The van der Waals surface area contributed by atoms with Crippen LogP contribution in [0.25, 0.3) is 39.5 Å². The molecule has 0 saturated carbocycles. The van der Waals surface area contributed by atoms with Gasteiger partial charge in [0.25, 0.3) is 0 Å². The summed E-state index contributed by atoms with van der Waals surface area (Å²) in [7, 11) is 0. The summed E-state index contributed by atoms with van der Waals surface area (Å²) in [4.78, 5) is 0. The quantitative estimate of drug-likeness (QED) is 0.0945. The summed E-state index contributed by atoms with van der Waals surface area (Å²) in [6, 6.07) is 18.5. The monoisotopic (exact) mass is 718 g/mol. The number of hydrogen-bond donors (Lipinski definition) is 0. The van der Waals surface area contributed by atoms with Crippen LogP contribution in [0.4, 0.5) is 43.9 Å². The first-order chi connectivity index (χ1) is 24.1. The maximum absolute atomic E-state index is 15.3. The number of ether oxygens (including phenoxy) is 2. The minimum atomic E-state index is -5.23. The summed E-state index contributed by atoms with van der Waals surface area (Å²) >= 11 is 0. The van der Waals surface area contributed by atoms with Gasteiger partial charge in [0.1, 0.15) is 29.0 Å². The second kappa shape index (κ2) is 15.3. The van der Waals surface area contributed by atoms with E-state index in [0.717, 1.165) is 37.3 Å². The molecule has 0 bridgehead atoms. The third-order valence-electron chi connectivity index (χ3n) is 7.82. The molecule has 0 atom stereocenters. The number of rotatable bonds is 12. The van der Waals surface area contributed by atoms with Crippen LogP contribution in [-0.2, 0) is 6.42 Å². The number of benzene rings is 5. The summed E-state index contributed by atoms with van der Waals surface area (Å²) in [5.41, 5.74) is 1.39. The molecule has 51 heavy (non-hydrogen) atoms. The third-order valence-corrected chi connectivity index (χ3v) is 7.82. The van der Waals surface area contributed by atoms with Crippen LogP contribution in [-0.4, -0.2) is 12.5 Å². The Labute approximate surface area is 286 Å². The fourth-order valence-corrected chi connectivity index (χ4v) is 5.31. The molecule has 0 aliphatic rings. The molecule has 0 heterocycles. The Morgan fingerprint density at radius 2 is 1.12 bits per heavy atom. The molecule has 0 unspecified atom stereocenters. The predicted octanol–water partition coefficient (Wildman–Crippen LogP) is 12.7. The van der Waals surface area contributed by atoms with Crippen molar-refractivity contribution in [1.29, 1.82) is 0 Å². The molecule has 0 aliphatic heterocycles. The molecule has 5 rings (SSSR count). The zero-order valence-corrected chi connectivity index (χ0v) is 26.7. The van der Waals surface area contributed by atoms with Gasteiger partial charge in [-0.25, -0.2) is 22.0 Å². The highest BCUT2D eigenvalue weighted by molar-refractivity contribution is 5.75. The van der Waals surface area contributed by atoms with Gasteiger partial charge in [0.05, 0.1) is 0 Å². The molecule has 0 fully saturated rings. The third kappa shape index (κ3) is 9.50. The molecule has 12 heteroatoms. The van der Waals surface area contributed by atoms with Crippen LogP contribution in [0.15, 0.2) is 97.1 Å². The lowest BCUT2D eigenvalue weighted by molar-refractivity contribution is -0.275. The van der Waals surface area contributed by atoms with E-state index >= 15 is 8.78 Å². The van der Waals surface area contributed by atoms with Gasteiger partial charge in [0, 0.05) is 28.8 Å². The lowest BCUT2D eigenvalue weighted by atomic mass is 9.96. The Morgan fingerprint density at radius 1 is 0.549 bits per heavy atom. The van der Waals surface area contributed by atoms with Gasteiger partial charge in [-0.15, -0.1) is 13.2 Å². The van der Waals surface area contributed by atoms with Gasteiger partial charge < -0.3 is 9.47 Å². The van der Waals surface area contributed by atoms with Crippen molar-refractivity contribution < 1.29 is 53.4 Å². The van der Waals surface area contributed by atoms with Gasteiger partial charge in [-0.05, 0) is 83.1 Å². The van der Waals surface area contributed by atoms with Crippen LogP contribution in [0.2, 0.25) is 0 Å². The molecule has 266 valence electrons. The Bertz CT molecular complexity index is 2010. The molecule has 0 radical (unpaired) electrons. The molecule has 0 aromatic heterocycles. The maximum atomic E-state index is 15.3. The highest BCUT2D eigenvalue weighted by atomic mass is 19.4. The second-order valence-corrected chi connectivity index (χ2v) is 11.5. The Hall–Kier alpha value is -5.26. The molecular weight excluding hydrogens is 690 g/mol. The standard InChI is InChI=1S/C39H28F10O2/c1-2-3-4-5-23-6-8-24(9-7-23)25-10-13-29(32(40)18-25)26-11-14-30(33(41)19-26)27-20-34(42)31(35(43)21-27)16-17-38(45,46)50-28-12-15-37(36(44)22-28)51-39(47,48)49/h6-22H,2-5H2,1H3. The van der Waals surface area contributed by atoms with Crippen LogP contribution < -0.4 is 9.47 Å². The average molecular weight is 719 g/mol. The Kier molecular flexibility index (Phi) is 11.1. The highest BCUT2D eigenvalue weighted by Crippen LogP contribution is 2.35. The van der Waals surface area contributed by atoms with E-state index in [1.54, 1.807) is 6.07 Å². The van der Waals surface area contributed by atoms with Crippen molar-refractivity contribution >= 4 is 6.08 Å². The molecule has 0 spiro atoms. The van der Waals surface area contributed by atoms with Gasteiger partial charge in [-0.3, -0.25) is 0 Å². The van der Waals surface area contributed by atoms with Gasteiger partial charge in [-0.2, -0.15) is 8.78 Å². The van der Waals surface area contributed by atoms with Gasteiger partial charge in [0.2, 0.25) is 0 Å². The van der Waals surface area contributed by atoms with Crippen LogP contribution in [0.3, 0.4) is 0 Å². The Morgan fingerprint density at radius 3 is 1.71 bits per heavy atom. The number of hydrogen-bond acceptors (Lipinski definition) is 2. The van der Waals surface area contributed by atoms with Crippen molar-refractivity contribution in [2.45, 2.75) is 45.1 Å². The van der Waals surface area contributed by atoms with Crippen molar-refractivity contribution in [2.24, 2.45) is 0 Å². The summed E-state index contributed by atoms with van der Waals surface area (Å²) in [6.45, 7) is 2.13. The van der Waals surface area contributed by atoms with Crippen LogP contribution in [0, 0.1) is 29.1 Å². The largest absolute Gasteiger partial charge is 0.573 e. The lowest BCUT2D eigenvalue weighted by Crippen LogP contribution is -2.22. The SMILES string of the molecule is CCCCCc1ccc(-c2ccc(-c3ccc(-c4cc(F)c(C=CC(F)(F)Oc5ccc(OC(F)(F)F)c(F)c5)c(F)c4)c(F)c3)c(F)c2)cc1. The smallest absolute Gasteiger partial charge is 0.429 e. The van der Waals surface area contributed by atoms with Crippen LogP contribution in [0.5, 0.6) is 11.5 Å². The Balaban J connectivity index is 1.30. The zero-order chi connectivity index (χ0) is 36.9. The molecular formula is C39H28F10O2. The topological polar surface area (TPSA) is 18.5 Å². The first-order valence-electron chi connectivity index (χ1n) is 15.6. The van der Waals surface area contributed by atoms with E-state index in [9.17, 15) is 35.1 Å². The molecule has 5 aromatic carbocycles. The highest BCUT2D eigenvalue weighted by Gasteiger charge is 2.33. The van der Waals surface area contributed by atoms with Crippen molar-refractivity contribution in [3.8, 4) is 44.9 Å². The summed E-state index contributed by atoms with van der Waals surface area (Å²) in [5, 5.41) is 0.